The number of benzene rings is 1. The van der Waals surface area contributed by atoms with Gasteiger partial charge in [0.25, 0.3) is 0 Å². The van der Waals surface area contributed by atoms with Gasteiger partial charge in [0.1, 0.15) is 11.9 Å². The largest absolute Gasteiger partial charge is 0.490 e. The number of halogens is 2. The molecule has 1 aromatic rings. The summed E-state index contributed by atoms with van der Waals surface area (Å²) in [5, 5.41) is 8.45. The first-order chi connectivity index (χ1) is 6.99. The highest BCUT2D eigenvalue weighted by atomic mass is 19.2. The van der Waals surface area contributed by atoms with Gasteiger partial charge in [-0.25, -0.2) is 8.78 Å². The van der Waals surface area contributed by atoms with E-state index >= 15 is 0 Å². The minimum absolute atomic E-state index is 0.114. The molecule has 0 heterocycles. The Bertz CT molecular complexity index is 366. The molecule has 1 rings (SSSR count). The number of hydrogen-bond donors (Lipinski definition) is 1. The highest BCUT2D eigenvalue weighted by molar-refractivity contribution is 5.67. The zero-order valence-corrected chi connectivity index (χ0v) is 8.04. The number of rotatable bonds is 4. The molecule has 0 aliphatic rings. The molecule has 15 heavy (non-hydrogen) atoms. The lowest BCUT2D eigenvalue weighted by molar-refractivity contribution is -0.138. The Hall–Kier alpha value is -1.65. The van der Waals surface area contributed by atoms with Gasteiger partial charge in [-0.15, -0.1) is 0 Å². The maximum Gasteiger partial charge on any atom is 0.307 e. The average molecular weight is 216 g/mol. The number of ether oxygens (including phenoxy) is 1. The Balaban J connectivity index is 2.64. The topological polar surface area (TPSA) is 46.5 Å². The predicted octanol–water partition coefficient (Wildman–Crippen LogP) is 2.21. The van der Waals surface area contributed by atoms with Gasteiger partial charge in [0, 0.05) is 6.07 Å². The molecule has 0 amide bonds. The fourth-order valence-corrected chi connectivity index (χ4v) is 1.07. The van der Waals surface area contributed by atoms with Crippen LogP contribution in [0.15, 0.2) is 18.2 Å². The van der Waals surface area contributed by atoms with Crippen LogP contribution >= 0.6 is 0 Å². The van der Waals surface area contributed by atoms with Crippen LogP contribution in [-0.4, -0.2) is 17.2 Å². The normalized spacial score (nSPS) is 12.2. The molecule has 0 unspecified atom stereocenters. The van der Waals surface area contributed by atoms with Crippen LogP contribution < -0.4 is 4.74 Å². The molecule has 0 spiro atoms. The van der Waals surface area contributed by atoms with E-state index in [0.717, 1.165) is 12.1 Å². The number of aliphatic carboxylic acids is 1. The first-order valence-electron chi connectivity index (χ1n) is 4.32. The van der Waals surface area contributed by atoms with Crippen LogP contribution in [0, 0.1) is 11.6 Å². The van der Waals surface area contributed by atoms with Crippen molar-refractivity contribution in [2.75, 3.05) is 0 Å². The van der Waals surface area contributed by atoms with Gasteiger partial charge in [-0.2, -0.15) is 0 Å². The van der Waals surface area contributed by atoms with Crippen molar-refractivity contribution in [3.8, 4) is 5.75 Å². The van der Waals surface area contributed by atoms with E-state index in [1.807, 2.05) is 0 Å². The molecular weight excluding hydrogens is 206 g/mol. The third kappa shape index (κ3) is 3.53. The number of hydrogen-bond acceptors (Lipinski definition) is 2. The monoisotopic (exact) mass is 216 g/mol. The lowest BCUT2D eigenvalue weighted by atomic mass is 10.2. The van der Waals surface area contributed by atoms with E-state index < -0.39 is 23.7 Å². The molecule has 0 aromatic heterocycles. The van der Waals surface area contributed by atoms with E-state index in [1.165, 1.54) is 13.0 Å². The maximum absolute atomic E-state index is 12.7. The molecule has 0 saturated carbocycles. The van der Waals surface area contributed by atoms with E-state index in [1.54, 1.807) is 0 Å². The fourth-order valence-electron chi connectivity index (χ4n) is 1.07. The second-order valence-corrected chi connectivity index (χ2v) is 3.10. The summed E-state index contributed by atoms with van der Waals surface area (Å²) in [4.78, 5) is 10.3. The third-order valence-electron chi connectivity index (χ3n) is 1.69. The Morgan fingerprint density at radius 3 is 2.67 bits per heavy atom. The second kappa shape index (κ2) is 4.72. The quantitative estimate of drug-likeness (QED) is 0.839. The van der Waals surface area contributed by atoms with E-state index in [9.17, 15) is 13.6 Å². The summed E-state index contributed by atoms with van der Waals surface area (Å²) in [5.74, 6) is -2.88. The Kier molecular flexibility index (Phi) is 3.60. The SMILES string of the molecule is C[C@@H](CC(=O)O)Oc1ccc(F)c(F)c1. The van der Waals surface area contributed by atoms with Crippen molar-refractivity contribution in [3.05, 3.63) is 29.8 Å². The summed E-state index contributed by atoms with van der Waals surface area (Å²) >= 11 is 0. The van der Waals surface area contributed by atoms with E-state index in [2.05, 4.69) is 0 Å². The zero-order chi connectivity index (χ0) is 11.4. The summed E-state index contributed by atoms with van der Waals surface area (Å²) in [6.45, 7) is 1.54. The average Bonchev–Trinajstić information content (AvgIpc) is 2.10. The minimum Gasteiger partial charge on any atom is -0.490 e. The molecule has 0 aliphatic heterocycles. The van der Waals surface area contributed by atoms with Gasteiger partial charge in [-0.1, -0.05) is 0 Å². The summed E-state index contributed by atoms with van der Waals surface area (Å²) in [5.41, 5.74) is 0. The molecule has 82 valence electrons. The van der Waals surface area contributed by atoms with Crippen LogP contribution in [-0.2, 0) is 4.79 Å². The molecule has 3 nitrogen and oxygen atoms in total. The molecular formula is C10H10F2O3. The van der Waals surface area contributed by atoms with Gasteiger partial charge in [-0.3, -0.25) is 4.79 Å². The van der Waals surface area contributed by atoms with Crippen molar-refractivity contribution in [1.82, 2.24) is 0 Å². The Morgan fingerprint density at radius 1 is 1.47 bits per heavy atom. The van der Waals surface area contributed by atoms with Crippen molar-refractivity contribution < 1.29 is 23.4 Å². The van der Waals surface area contributed by atoms with Crippen LogP contribution in [0.25, 0.3) is 0 Å². The van der Waals surface area contributed by atoms with Gasteiger partial charge in [-0.05, 0) is 19.1 Å². The molecule has 1 atom stereocenters. The van der Waals surface area contributed by atoms with Crippen LogP contribution in [0.1, 0.15) is 13.3 Å². The lowest BCUT2D eigenvalue weighted by Crippen LogP contribution is -2.16. The van der Waals surface area contributed by atoms with Crippen LogP contribution in [0.5, 0.6) is 5.75 Å². The molecule has 0 bridgehead atoms. The van der Waals surface area contributed by atoms with Gasteiger partial charge in [0.2, 0.25) is 0 Å². The molecule has 0 radical (unpaired) electrons. The van der Waals surface area contributed by atoms with Crippen molar-refractivity contribution in [1.29, 1.82) is 0 Å². The number of carbonyl (C=O) groups is 1. The smallest absolute Gasteiger partial charge is 0.307 e. The van der Waals surface area contributed by atoms with E-state index in [0.29, 0.717) is 0 Å². The zero-order valence-electron chi connectivity index (χ0n) is 8.04. The summed E-state index contributed by atoms with van der Waals surface area (Å²) in [7, 11) is 0. The van der Waals surface area contributed by atoms with Gasteiger partial charge < -0.3 is 9.84 Å². The second-order valence-electron chi connectivity index (χ2n) is 3.10. The molecule has 1 N–H and O–H groups in total. The van der Waals surface area contributed by atoms with Gasteiger partial charge in [0.15, 0.2) is 11.6 Å². The summed E-state index contributed by atoms with van der Waals surface area (Å²) in [6.07, 6.45) is -0.786. The van der Waals surface area contributed by atoms with E-state index in [4.69, 9.17) is 9.84 Å². The number of carboxylic acid groups (broad SMARTS) is 1. The summed E-state index contributed by atoms with van der Waals surface area (Å²) in [6, 6.07) is 3.06. The predicted molar refractivity (Wildman–Crippen MR) is 48.7 cm³/mol. The van der Waals surface area contributed by atoms with E-state index in [-0.39, 0.29) is 12.2 Å². The van der Waals surface area contributed by atoms with Crippen molar-refractivity contribution in [3.63, 3.8) is 0 Å². The van der Waals surface area contributed by atoms with Crippen molar-refractivity contribution in [2.24, 2.45) is 0 Å². The van der Waals surface area contributed by atoms with Crippen LogP contribution in [0.2, 0.25) is 0 Å². The standard InChI is InChI=1S/C10H10F2O3/c1-6(4-10(13)14)15-7-2-3-8(11)9(12)5-7/h2-3,5-6H,4H2,1H3,(H,13,14)/t6-/m0/s1. The molecule has 1 aromatic carbocycles. The highest BCUT2D eigenvalue weighted by Gasteiger charge is 2.10. The van der Waals surface area contributed by atoms with Gasteiger partial charge in [0.05, 0.1) is 6.42 Å². The first-order valence-corrected chi connectivity index (χ1v) is 4.32. The first kappa shape index (κ1) is 11.4. The molecule has 5 heteroatoms. The Morgan fingerprint density at radius 2 is 2.13 bits per heavy atom. The van der Waals surface area contributed by atoms with Gasteiger partial charge >= 0.3 is 5.97 Å². The summed E-state index contributed by atoms with van der Waals surface area (Å²) < 4.78 is 30.3. The lowest BCUT2D eigenvalue weighted by Gasteiger charge is -2.12. The van der Waals surface area contributed by atoms with Crippen LogP contribution in [0.3, 0.4) is 0 Å². The highest BCUT2D eigenvalue weighted by Crippen LogP contribution is 2.17. The maximum atomic E-state index is 12.7. The Labute approximate surface area is 85.3 Å². The molecule has 0 fully saturated rings. The third-order valence-corrected chi connectivity index (χ3v) is 1.69. The van der Waals surface area contributed by atoms with Crippen LogP contribution in [0.4, 0.5) is 8.78 Å². The fraction of sp³-hybridized carbons (Fsp3) is 0.300. The molecule has 0 aliphatic carbocycles. The van der Waals surface area contributed by atoms with Crippen molar-refractivity contribution >= 4 is 5.97 Å². The number of carboxylic acids is 1. The molecule has 0 saturated heterocycles. The minimum atomic E-state index is -1.02. The van der Waals surface area contributed by atoms with Crippen molar-refractivity contribution in [2.45, 2.75) is 19.4 Å².